The van der Waals surface area contributed by atoms with E-state index in [9.17, 15) is 27.6 Å². The van der Waals surface area contributed by atoms with Crippen molar-refractivity contribution in [2.45, 2.75) is 74.7 Å². The molecule has 3 N–H and O–H groups in total. The summed E-state index contributed by atoms with van der Waals surface area (Å²) in [7, 11) is -0.713. The van der Waals surface area contributed by atoms with Crippen molar-refractivity contribution in [3.8, 4) is 5.75 Å². The standard InChI is InChI=1S/C30H40N4O8S/c1-29(12-13-29)43(39,40)33-27(37)30-18-19(30)9-6-4-5-7-14-34(2)26(36)24-17-22(16-23(24)25(35)32-30)42-28(38)31-20-10-8-11-21(15-20)41-3/h6,8-11,15,19,22-24H,4-5,7,12-14,16-18H2,1-3H3,(H,31,38)(H,32,35)(H,33,37). The summed E-state index contributed by atoms with van der Waals surface area (Å²) in [4.78, 5) is 55.2. The SMILES string of the molecule is COc1cccc(NC(=O)OC2CC3C(=O)NC4(C(=O)NS(=O)(=O)C5(C)CC5)CC4C=CCCCCN(C)C(=O)C3C2)c1. The summed E-state index contributed by atoms with van der Waals surface area (Å²) in [5, 5.41) is 5.49. The number of anilines is 1. The van der Waals surface area contributed by atoms with Crippen molar-refractivity contribution in [3.05, 3.63) is 36.4 Å². The van der Waals surface area contributed by atoms with E-state index in [0.717, 1.165) is 19.3 Å². The first-order chi connectivity index (χ1) is 20.4. The van der Waals surface area contributed by atoms with Gasteiger partial charge in [-0.15, -0.1) is 0 Å². The highest BCUT2D eigenvalue weighted by Gasteiger charge is 2.63. The number of rotatable bonds is 6. The van der Waals surface area contributed by atoms with Crippen LogP contribution in [0.4, 0.5) is 10.5 Å². The van der Waals surface area contributed by atoms with Crippen molar-refractivity contribution in [3.63, 3.8) is 0 Å². The second-order valence-electron chi connectivity index (χ2n) is 12.4. The van der Waals surface area contributed by atoms with Crippen LogP contribution >= 0.6 is 0 Å². The molecule has 4 aliphatic rings. The Hall–Kier alpha value is -3.61. The van der Waals surface area contributed by atoms with Crippen molar-refractivity contribution in [2.24, 2.45) is 17.8 Å². The molecular weight excluding hydrogens is 576 g/mol. The Morgan fingerprint density at radius 3 is 2.58 bits per heavy atom. The van der Waals surface area contributed by atoms with Crippen LogP contribution < -0.4 is 20.1 Å². The minimum Gasteiger partial charge on any atom is -0.497 e. The van der Waals surface area contributed by atoms with Crippen LogP contribution in [0.2, 0.25) is 0 Å². The number of hydrogen-bond acceptors (Lipinski definition) is 8. The molecule has 3 saturated carbocycles. The Bertz CT molecular complexity index is 1420. The van der Waals surface area contributed by atoms with Crippen molar-refractivity contribution < 1.29 is 37.1 Å². The molecule has 1 aromatic carbocycles. The van der Waals surface area contributed by atoms with E-state index in [-0.39, 0.29) is 31.1 Å². The fourth-order valence-corrected chi connectivity index (χ4v) is 7.30. The van der Waals surface area contributed by atoms with E-state index in [4.69, 9.17) is 9.47 Å². The van der Waals surface area contributed by atoms with E-state index < -0.39 is 56.2 Å². The smallest absolute Gasteiger partial charge is 0.411 e. The Kier molecular flexibility index (Phi) is 8.47. The third kappa shape index (κ3) is 6.51. The maximum Gasteiger partial charge on any atom is 0.411 e. The molecule has 4 amide bonds. The Balaban J connectivity index is 1.34. The minimum atomic E-state index is -3.92. The highest BCUT2D eigenvalue weighted by atomic mass is 32.2. The fourth-order valence-electron chi connectivity index (χ4n) is 5.99. The molecule has 5 atom stereocenters. The highest BCUT2D eigenvalue weighted by molar-refractivity contribution is 7.91. The zero-order valence-corrected chi connectivity index (χ0v) is 25.6. The largest absolute Gasteiger partial charge is 0.497 e. The van der Waals surface area contributed by atoms with Gasteiger partial charge in [0.05, 0.1) is 23.7 Å². The Labute approximate surface area is 252 Å². The molecule has 13 heteroatoms. The number of sulfonamides is 1. The van der Waals surface area contributed by atoms with Crippen LogP contribution in [0, 0.1) is 17.8 Å². The number of carbonyl (C=O) groups excluding carboxylic acids is 4. The van der Waals surface area contributed by atoms with Crippen LogP contribution in [-0.2, 0) is 29.1 Å². The van der Waals surface area contributed by atoms with E-state index in [0.29, 0.717) is 30.8 Å². The van der Waals surface area contributed by atoms with Crippen LogP contribution in [-0.4, -0.2) is 74.2 Å². The molecule has 5 unspecified atom stereocenters. The van der Waals surface area contributed by atoms with Gasteiger partial charge in [0.2, 0.25) is 21.8 Å². The molecular formula is C30H40N4O8S. The summed E-state index contributed by atoms with van der Waals surface area (Å²) in [5.41, 5.74) is -0.969. The summed E-state index contributed by atoms with van der Waals surface area (Å²) < 4.78 is 37.8. The first-order valence-electron chi connectivity index (χ1n) is 14.8. The lowest BCUT2D eigenvalue weighted by Gasteiger charge is -2.27. The monoisotopic (exact) mass is 616 g/mol. The predicted molar refractivity (Wildman–Crippen MR) is 157 cm³/mol. The summed E-state index contributed by atoms with van der Waals surface area (Å²) >= 11 is 0. The average Bonchev–Trinajstić information content (AvgIpc) is 3.84. The maximum atomic E-state index is 13.8. The molecule has 0 saturated heterocycles. The van der Waals surface area contributed by atoms with Gasteiger partial charge in [-0.25, -0.2) is 13.2 Å². The molecule has 0 bridgehead atoms. The van der Waals surface area contributed by atoms with Crippen LogP contribution in [0.25, 0.3) is 0 Å². The van der Waals surface area contributed by atoms with Crippen LogP contribution in [0.15, 0.2) is 36.4 Å². The van der Waals surface area contributed by atoms with Gasteiger partial charge in [0.1, 0.15) is 17.4 Å². The Morgan fingerprint density at radius 1 is 1.12 bits per heavy atom. The fraction of sp³-hybridized carbons (Fsp3) is 0.600. The average molecular weight is 617 g/mol. The summed E-state index contributed by atoms with van der Waals surface area (Å²) in [6.45, 7) is 2.11. The molecule has 12 nitrogen and oxygen atoms in total. The molecule has 5 rings (SSSR count). The number of ether oxygens (including phenoxy) is 2. The van der Waals surface area contributed by atoms with Gasteiger partial charge < -0.3 is 19.7 Å². The normalized spacial score (nSPS) is 30.2. The number of amides is 4. The number of hydrogen-bond donors (Lipinski definition) is 3. The zero-order valence-electron chi connectivity index (χ0n) is 24.8. The van der Waals surface area contributed by atoms with E-state index in [1.165, 1.54) is 7.11 Å². The Morgan fingerprint density at radius 2 is 1.86 bits per heavy atom. The van der Waals surface area contributed by atoms with Gasteiger partial charge in [-0.2, -0.15) is 0 Å². The third-order valence-corrected chi connectivity index (χ3v) is 11.4. The van der Waals surface area contributed by atoms with Crippen LogP contribution in [0.3, 0.4) is 0 Å². The molecule has 3 fully saturated rings. The molecule has 1 aromatic rings. The second kappa shape index (κ2) is 11.8. The predicted octanol–water partition coefficient (Wildman–Crippen LogP) is 2.71. The first-order valence-corrected chi connectivity index (χ1v) is 16.3. The number of benzene rings is 1. The minimum absolute atomic E-state index is 0.0795. The van der Waals surface area contributed by atoms with Gasteiger partial charge in [-0.05, 0) is 70.4 Å². The first kappa shape index (κ1) is 30.8. The van der Waals surface area contributed by atoms with Gasteiger partial charge in [0.15, 0.2) is 0 Å². The summed E-state index contributed by atoms with van der Waals surface area (Å²) in [6.07, 6.45) is 6.06. The number of methoxy groups -OCH3 is 1. The third-order valence-electron chi connectivity index (χ3n) is 9.22. The van der Waals surface area contributed by atoms with Gasteiger partial charge in [-0.1, -0.05) is 18.2 Å². The lowest BCUT2D eigenvalue weighted by molar-refractivity contribution is -0.140. The topological polar surface area (TPSA) is 160 Å². The van der Waals surface area contributed by atoms with Crippen LogP contribution in [0.1, 0.15) is 58.3 Å². The molecule has 0 spiro atoms. The lowest BCUT2D eigenvalue weighted by Crippen LogP contribution is -2.55. The van der Waals surface area contributed by atoms with E-state index in [2.05, 4.69) is 15.4 Å². The summed E-state index contributed by atoms with van der Waals surface area (Å²) in [6, 6.07) is 6.76. The van der Waals surface area contributed by atoms with Crippen molar-refractivity contribution >= 4 is 39.5 Å². The van der Waals surface area contributed by atoms with E-state index >= 15 is 0 Å². The van der Waals surface area contributed by atoms with Crippen LogP contribution in [0.5, 0.6) is 5.75 Å². The molecule has 43 heavy (non-hydrogen) atoms. The van der Waals surface area contributed by atoms with Gasteiger partial charge in [-0.3, -0.25) is 24.4 Å². The highest BCUT2D eigenvalue weighted by Crippen LogP contribution is 2.48. The number of fused-ring (bicyclic) bond motifs is 2. The number of nitrogens with one attached hydrogen (secondary N) is 3. The van der Waals surface area contributed by atoms with Gasteiger partial charge >= 0.3 is 6.09 Å². The number of allylic oxidation sites excluding steroid dienone is 1. The molecule has 234 valence electrons. The lowest BCUT2D eigenvalue weighted by atomic mass is 9.93. The molecule has 0 aromatic heterocycles. The molecule has 3 aliphatic carbocycles. The maximum absolute atomic E-state index is 13.8. The van der Waals surface area contributed by atoms with Crippen molar-refractivity contribution in [2.75, 3.05) is 26.0 Å². The van der Waals surface area contributed by atoms with E-state index in [1.54, 1.807) is 43.1 Å². The van der Waals surface area contributed by atoms with Crippen molar-refractivity contribution in [1.82, 2.24) is 14.9 Å². The molecule has 1 aliphatic heterocycles. The van der Waals surface area contributed by atoms with E-state index in [1.807, 2.05) is 12.2 Å². The quantitative estimate of drug-likeness (QED) is 0.412. The second-order valence-corrected chi connectivity index (χ2v) is 14.6. The molecule has 0 radical (unpaired) electrons. The van der Waals surface area contributed by atoms with Crippen molar-refractivity contribution in [1.29, 1.82) is 0 Å². The zero-order chi connectivity index (χ0) is 31.0. The van der Waals surface area contributed by atoms with Gasteiger partial charge in [0, 0.05) is 31.3 Å². The number of carbonyl (C=O) groups is 4. The van der Waals surface area contributed by atoms with Gasteiger partial charge in [0.25, 0.3) is 5.91 Å². The molecule has 1 heterocycles. The number of nitrogens with zero attached hydrogens (tertiary/aromatic N) is 1. The summed E-state index contributed by atoms with van der Waals surface area (Å²) in [5.74, 6) is -3.01.